The molecule has 0 fully saturated rings. The summed E-state index contributed by atoms with van der Waals surface area (Å²) in [5.41, 5.74) is 8.26. The summed E-state index contributed by atoms with van der Waals surface area (Å²) in [4.78, 5) is 11.4. The molecule has 3 N–H and O–H groups in total. The normalized spacial score (nSPS) is 9.76. The number of hydrogen-bond acceptors (Lipinski definition) is 5. The smallest absolute Gasteiger partial charge is 0.337 e. The molecule has 0 aliphatic carbocycles. The lowest BCUT2D eigenvalue weighted by Gasteiger charge is -2.12. The molecule has 106 valence electrons. The van der Waals surface area contributed by atoms with Gasteiger partial charge in [-0.25, -0.2) is 4.79 Å². The molecular weight excluding hydrogens is 290 g/mol. The molecule has 0 aliphatic rings. The van der Waals surface area contributed by atoms with Crippen molar-refractivity contribution in [2.24, 2.45) is 0 Å². The number of nitrogens with one attached hydrogen (secondary N) is 1. The number of halogens is 1. The lowest BCUT2D eigenvalue weighted by atomic mass is 10.1. The van der Waals surface area contributed by atoms with Gasteiger partial charge in [-0.3, -0.25) is 0 Å². The van der Waals surface area contributed by atoms with Crippen molar-refractivity contribution in [3.63, 3.8) is 0 Å². The fraction of sp³-hybridized carbons (Fsp3) is 0.0667. The molecule has 0 aromatic heterocycles. The highest BCUT2D eigenvalue weighted by atomic mass is 35.5. The van der Waals surface area contributed by atoms with E-state index in [9.17, 15) is 4.79 Å². The maximum atomic E-state index is 11.4. The lowest BCUT2D eigenvalue weighted by molar-refractivity contribution is 0.0601. The lowest BCUT2D eigenvalue weighted by Crippen LogP contribution is -2.04. The fourth-order valence-corrected chi connectivity index (χ4v) is 1.92. The number of nitrogens with zero attached hydrogens (tertiary/aromatic N) is 1. The van der Waals surface area contributed by atoms with Crippen LogP contribution in [0.2, 0.25) is 5.02 Å². The van der Waals surface area contributed by atoms with Crippen LogP contribution in [-0.2, 0) is 4.74 Å². The maximum Gasteiger partial charge on any atom is 0.337 e. The van der Waals surface area contributed by atoms with E-state index >= 15 is 0 Å². The Morgan fingerprint density at radius 1 is 1.29 bits per heavy atom. The van der Waals surface area contributed by atoms with Crippen LogP contribution in [0.4, 0.5) is 17.1 Å². The third kappa shape index (κ3) is 3.25. The van der Waals surface area contributed by atoms with Crippen molar-refractivity contribution in [1.29, 1.82) is 5.26 Å². The largest absolute Gasteiger partial charge is 0.465 e. The zero-order chi connectivity index (χ0) is 15.4. The Bertz CT molecular complexity index is 738. The topological polar surface area (TPSA) is 88.1 Å². The molecule has 0 bridgehead atoms. The highest BCUT2D eigenvalue weighted by Crippen LogP contribution is 2.29. The molecule has 0 spiro atoms. The van der Waals surface area contributed by atoms with Gasteiger partial charge in [0.2, 0.25) is 0 Å². The molecule has 0 radical (unpaired) electrons. The first-order valence-corrected chi connectivity index (χ1v) is 6.37. The van der Waals surface area contributed by atoms with E-state index in [0.717, 1.165) is 0 Å². The third-order valence-corrected chi connectivity index (χ3v) is 3.17. The van der Waals surface area contributed by atoms with E-state index in [1.165, 1.54) is 13.2 Å². The molecular formula is C15H12ClN3O2. The first-order valence-electron chi connectivity index (χ1n) is 5.99. The Labute approximate surface area is 126 Å². The SMILES string of the molecule is COC(=O)c1ccc(Nc2cc(C#N)ccc2Cl)c(N)c1. The molecule has 0 amide bonds. The number of nitrogen functional groups attached to an aromatic ring is 1. The van der Waals surface area contributed by atoms with Crippen LogP contribution >= 0.6 is 11.6 Å². The van der Waals surface area contributed by atoms with E-state index in [1.54, 1.807) is 30.3 Å². The number of methoxy groups -OCH3 is 1. The summed E-state index contributed by atoms with van der Waals surface area (Å²) >= 11 is 6.07. The summed E-state index contributed by atoms with van der Waals surface area (Å²) in [6.45, 7) is 0. The van der Waals surface area contributed by atoms with Gasteiger partial charge in [0.1, 0.15) is 0 Å². The molecule has 0 atom stereocenters. The first-order chi connectivity index (χ1) is 10.0. The van der Waals surface area contributed by atoms with E-state index in [-0.39, 0.29) is 0 Å². The Morgan fingerprint density at radius 2 is 2.05 bits per heavy atom. The summed E-state index contributed by atoms with van der Waals surface area (Å²) in [7, 11) is 1.30. The van der Waals surface area contributed by atoms with Crippen LogP contribution in [0.5, 0.6) is 0 Å². The van der Waals surface area contributed by atoms with E-state index < -0.39 is 5.97 Å². The van der Waals surface area contributed by atoms with Gasteiger partial charge in [0.05, 0.1) is 46.4 Å². The number of benzene rings is 2. The molecule has 6 heteroatoms. The zero-order valence-electron chi connectivity index (χ0n) is 11.2. The minimum Gasteiger partial charge on any atom is -0.465 e. The van der Waals surface area contributed by atoms with E-state index in [4.69, 9.17) is 22.6 Å². The monoisotopic (exact) mass is 301 g/mol. The average molecular weight is 302 g/mol. The van der Waals surface area contributed by atoms with Crippen LogP contribution in [0.1, 0.15) is 15.9 Å². The predicted octanol–water partition coefficient (Wildman–Crippen LogP) is 3.32. The zero-order valence-corrected chi connectivity index (χ0v) is 11.9. The number of carbonyl (C=O) groups is 1. The molecule has 0 unspecified atom stereocenters. The summed E-state index contributed by atoms with van der Waals surface area (Å²) in [6, 6.07) is 11.7. The van der Waals surface area contributed by atoms with E-state index in [2.05, 4.69) is 10.1 Å². The van der Waals surface area contributed by atoms with Crippen molar-refractivity contribution in [2.45, 2.75) is 0 Å². The number of nitrogens with two attached hydrogens (primary N) is 1. The Balaban J connectivity index is 2.32. The fourth-order valence-electron chi connectivity index (χ4n) is 1.76. The van der Waals surface area contributed by atoms with Gasteiger partial charge in [-0.2, -0.15) is 5.26 Å². The van der Waals surface area contributed by atoms with Gasteiger partial charge in [-0.15, -0.1) is 0 Å². The van der Waals surface area contributed by atoms with Gasteiger partial charge in [0, 0.05) is 0 Å². The molecule has 0 saturated heterocycles. The standard InChI is InChI=1S/C15H12ClN3O2/c1-21-15(20)10-3-5-13(12(18)7-10)19-14-6-9(8-17)2-4-11(14)16/h2-7,19H,18H2,1H3. The van der Waals surface area contributed by atoms with E-state index in [1.807, 2.05) is 6.07 Å². The van der Waals surface area contributed by atoms with Crippen molar-refractivity contribution in [3.8, 4) is 6.07 Å². The summed E-state index contributed by atoms with van der Waals surface area (Å²) in [5, 5.41) is 12.4. The molecule has 21 heavy (non-hydrogen) atoms. The van der Waals surface area contributed by atoms with Crippen molar-refractivity contribution in [1.82, 2.24) is 0 Å². The van der Waals surface area contributed by atoms with Gasteiger partial charge in [0.25, 0.3) is 0 Å². The number of carbonyl (C=O) groups excluding carboxylic acids is 1. The predicted molar refractivity (Wildman–Crippen MR) is 81.6 cm³/mol. The van der Waals surface area contributed by atoms with Crippen LogP contribution in [0.25, 0.3) is 0 Å². The average Bonchev–Trinajstić information content (AvgIpc) is 2.50. The molecule has 2 aromatic rings. The number of anilines is 3. The maximum absolute atomic E-state index is 11.4. The van der Waals surface area contributed by atoms with Crippen molar-refractivity contribution >= 4 is 34.6 Å². The van der Waals surface area contributed by atoms with E-state index in [0.29, 0.717) is 33.2 Å². The Morgan fingerprint density at radius 3 is 2.67 bits per heavy atom. The van der Waals surface area contributed by atoms with Gasteiger partial charge >= 0.3 is 5.97 Å². The Hall–Kier alpha value is -2.71. The highest BCUT2D eigenvalue weighted by Gasteiger charge is 2.09. The van der Waals surface area contributed by atoms with Gasteiger partial charge in [0.15, 0.2) is 0 Å². The number of esters is 1. The van der Waals surface area contributed by atoms with Crippen LogP contribution in [0.15, 0.2) is 36.4 Å². The number of nitriles is 1. The molecule has 2 aromatic carbocycles. The molecule has 2 rings (SSSR count). The van der Waals surface area contributed by atoms with Crippen LogP contribution in [0.3, 0.4) is 0 Å². The quantitative estimate of drug-likeness (QED) is 0.670. The molecule has 0 heterocycles. The second kappa shape index (κ2) is 6.16. The van der Waals surface area contributed by atoms with Crippen molar-refractivity contribution in [2.75, 3.05) is 18.2 Å². The summed E-state index contributed by atoms with van der Waals surface area (Å²) in [6.07, 6.45) is 0. The molecule has 0 aliphatic heterocycles. The van der Waals surface area contributed by atoms with Crippen molar-refractivity contribution in [3.05, 3.63) is 52.5 Å². The highest BCUT2D eigenvalue weighted by molar-refractivity contribution is 6.33. The van der Waals surface area contributed by atoms with Gasteiger partial charge < -0.3 is 15.8 Å². The summed E-state index contributed by atoms with van der Waals surface area (Å²) in [5.74, 6) is -0.460. The number of ether oxygens (including phenoxy) is 1. The first kappa shape index (κ1) is 14.7. The summed E-state index contributed by atoms with van der Waals surface area (Å²) < 4.78 is 4.63. The minimum absolute atomic E-state index is 0.359. The van der Waals surface area contributed by atoms with Crippen LogP contribution in [0, 0.1) is 11.3 Å². The third-order valence-electron chi connectivity index (χ3n) is 2.84. The number of rotatable bonds is 3. The van der Waals surface area contributed by atoms with Gasteiger partial charge in [-0.05, 0) is 36.4 Å². The Kier molecular flexibility index (Phi) is 4.31. The molecule has 0 saturated carbocycles. The molecule has 5 nitrogen and oxygen atoms in total. The van der Waals surface area contributed by atoms with Crippen LogP contribution in [-0.4, -0.2) is 13.1 Å². The second-order valence-electron chi connectivity index (χ2n) is 4.23. The second-order valence-corrected chi connectivity index (χ2v) is 4.63. The van der Waals surface area contributed by atoms with Crippen molar-refractivity contribution < 1.29 is 9.53 Å². The van der Waals surface area contributed by atoms with Gasteiger partial charge in [-0.1, -0.05) is 11.6 Å². The minimum atomic E-state index is -0.460. The number of hydrogen-bond donors (Lipinski definition) is 2. The van der Waals surface area contributed by atoms with Crippen LogP contribution < -0.4 is 11.1 Å².